The van der Waals surface area contributed by atoms with Crippen LogP contribution < -0.4 is 5.32 Å². The molecule has 1 aromatic rings. The highest BCUT2D eigenvalue weighted by Crippen LogP contribution is 2.44. The Morgan fingerprint density at radius 3 is 2.71 bits per heavy atom. The SMILES string of the molecule is CCNC(c1cccc(C)c1)C1(N(C)C)CCCC(C)C1. The van der Waals surface area contributed by atoms with Crippen molar-refractivity contribution in [3.8, 4) is 0 Å². The van der Waals surface area contributed by atoms with E-state index < -0.39 is 0 Å². The van der Waals surface area contributed by atoms with E-state index in [1.165, 1.54) is 36.8 Å². The van der Waals surface area contributed by atoms with Crippen LogP contribution in [0.3, 0.4) is 0 Å². The lowest BCUT2D eigenvalue weighted by Crippen LogP contribution is -2.56. The number of rotatable bonds is 5. The molecular weight excluding hydrogens is 256 g/mol. The fourth-order valence-corrected chi connectivity index (χ4v) is 4.16. The topological polar surface area (TPSA) is 15.3 Å². The summed E-state index contributed by atoms with van der Waals surface area (Å²) in [6, 6.07) is 9.46. The van der Waals surface area contributed by atoms with E-state index >= 15 is 0 Å². The molecule has 1 saturated carbocycles. The molecule has 1 fully saturated rings. The van der Waals surface area contributed by atoms with Gasteiger partial charge in [0.2, 0.25) is 0 Å². The quantitative estimate of drug-likeness (QED) is 0.875. The van der Waals surface area contributed by atoms with Crippen molar-refractivity contribution >= 4 is 0 Å². The molecule has 1 N–H and O–H groups in total. The Labute approximate surface area is 130 Å². The van der Waals surface area contributed by atoms with Gasteiger partial charge in [-0.1, -0.05) is 56.5 Å². The van der Waals surface area contributed by atoms with Crippen LogP contribution in [-0.4, -0.2) is 31.1 Å². The van der Waals surface area contributed by atoms with E-state index in [4.69, 9.17) is 0 Å². The second kappa shape index (κ2) is 6.93. The predicted molar refractivity (Wildman–Crippen MR) is 91.6 cm³/mol. The van der Waals surface area contributed by atoms with Crippen molar-refractivity contribution in [2.24, 2.45) is 5.92 Å². The van der Waals surface area contributed by atoms with Crippen LogP contribution in [0.5, 0.6) is 0 Å². The van der Waals surface area contributed by atoms with Crippen molar-refractivity contribution in [3.05, 3.63) is 35.4 Å². The van der Waals surface area contributed by atoms with Gasteiger partial charge in [-0.15, -0.1) is 0 Å². The van der Waals surface area contributed by atoms with Crippen molar-refractivity contribution < 1.29 is 0 Å². The van der Waals surface area contributed by atoms with Crippen LogP contribution in [0.15, 0.2) is 24.3 Å². The zero-order valence-electron chi connectivity index (χ0n) is 14.4. The molecule has 3 unspecified atom stereocenters. The van der Waals surface area contributed by atoms with Gasteiger partial charge in [0.1, 0.15) is 0 Å². The van der Waals surface area contributed by atoms with Crippen molar-refractivity contribution in [2.45, 2.75) is 58.0 Å². The minimum Gasteiger partial charge on any atom is -0.309 e. The van der Waals surface area contributed by atoms with Gasteiger partial charge >= 0.3 is 0 Å². The Kier molecular flexibility index (Phi) is 5.45. The third-order valence-electron chi connectivity index (χ3n) is 5.22. The number of aryl methyl sites for hydroxylation is 1. The highest BCUT2D eigenvalue weighted by Gasteiger charge is 2.43. The van der Waals surface area contributed by atoms with Crippen LogP contribution in [-0.2, 0) is 0 Å². The zero-order chi connectivity index (χ0) is 15.5. The molecular formula is C19H32N2. The Morgan fingerprint density at radius 1 is 1.38 bits per heavy atom. The van der Waals surface area contributed by atoms with Crippen molar-refractivity contribution in [3.63, 3.8) is 0 Å². The van der Waals surface area contributed by atoms with E-state index in [0.29, 0.717) is 6.04 Å². The second-order valence-corrected chi connectivity index (χ2v) is 7.10. The zero-order valence-corrected chi connectivity index (χ0v) is 14.4. The molecule has 0 bridgehead atoms. The molecule has 1 aromatic carbocycles. The molecule has 2 rings (SSSR count). The van der Waals surface area contributed by atoms with Crippen LogP contribution in [0, 0.1) is 12.8 Å². The highest BCUT2D eigenvalue weighted by atomic mass is 15.2. The summed E-state index contributed by atoms with van der Waals surface area (Å²) >= 11 is 0. The lowest BCUT2D eigenvalue weighted by molar-refractivity contribution is 0.0372. The molecule has 0 radical (unpaired) electrons. The van der Waals surface area contributed by atoms with Crippen LogP contribution in [0.1, 0.15) is 56.7 Å². The summed E-state index contributed by atoms with van der Waals surface area (Å²) in [6.45, 7) is 7.84. The van der Waals surface area contributed by atoms with Gasteiger partial charge in [-0.2, -0.15) is 0 Å². The molecule has 118 valence electrons. The van der Waals surface area contributed by atoms with Gasteiger partial charge in [0, 0.05) is 5.54 Å². The maximum Gasteiger partial charge on any atom is 0.0507 e. The van der Waals surface area contributed by atoms with Crippen LogP contribution in [0.25, 0.3) is 0 Å². The summed E-state index contributed by atoms with van der Waals surface area (Å²) in [6.07, 6.45) is 5.29. The first-order chi connectivity index (χ1) is 9.99. The predicted octanol–water partition coefficient (Wildman–Crippen LogP) is 4.16. The molecule has 3 atom stereocenters. The third kappa shape index (κ3) is 3.49. The van der Waals surface area contributed by atoms with Crippen molar-refractivity contribution in [2.75, 3.05) is 20.6 Å². The normalized spacial score (nSPS) is 27.8. The summed E-state index contributed by atoms with van der Waals surface area (Å²) in [5.74, 6) is 0.812. The number of benzene rings is 1. The summed E-state index contributed by atoms with van der Waals surface area (Å²) in [5, 5.41) is 3.80. The Morgan fingerprint density at radius 2 is 2.14 bits per heavy atom. The van der Waals surface area contributed by atoms with Gasteiger partial charge in [-0.3, -0.25) is 0 Å². The first kappa shape index (κ1) is 16.5. The molecule has 0 saturated heterocycles. The molecule has 2 heteroatoms. The lowest BCUT2D eigenvalue weighted by Gasteiger charge is -2.50. The van der Waals surface area contributed by atoms with Gasteiger partial charge in [-0.25, -0.2) is 0 Å². The molecule has 0 aliphatic heterocycles. The summed E-state index contributed by atoms with van der Waals surface area (Å²) in [4.78, 5) is 2.48. The molecule has 0 spiro atoms. The molecule has 0 amide bonds. The molecule has 0 heterocycles. The van der Waals surface area contributed by atoms with E-state index in [2.05, 4.69) is 69.3 Å². The minimum atomic E-state index is 0.238. The van der Waals surface area contributed by atoms with Crippen molar-refractivity contribution in [1.29, 1.82) is 0 Å². The van der Waals surface area contributed by atoms with E-state index in [9.17, 15) is 0 Å². The van der Waals surface area contributed by atoms with Gasteiger partial charge in [0.25, 0.3) is 0 Å². The van der Waals surface area contributed by atoms with Gasteiger partial charge in [0.15, 0.2) is 0 Å². The second-order valence-electron chi connectivity index (χ2n) is 7.10. The van der Waals surface area contributed by atoms with Crippen LogP contribution >= 0.6 is 0 Å². The van der Waals surface area contributed by atoms with E-state index in [-0.39, 0.29) is 5.54 Å². The molecule has 21 heavy (non-hydrogen) atoms. The Bertz CT molecular complexity index is 455. The van der Waals surface area contributed by atoms with Crippen molar-refractivity contribution in [1.82, 2.24) is 10.2 Å². The third-order valence-corrected chi connectivity index (χ3v) is 5.22. The number of hydrogen-bond acceptors (Lipinski definition) is 2. The molecule has 1 aliphatic rings. The maximum atomic E-state index is 3.80. The first-order valence-electron chi connectivity index (χ1n) is 8.47. The summed E-state index contributed by atoms with van der Waals surface area (Å²) < 4.78 is 0. The fraction of sp³-hybridized carbons (Fsp3) is 0.684. The minimum absolute atomic E-state index is 0.238. The number of likely N-dealkylation sites (N-methyl/N-ethyl adjacent to an activating group) is 2. The monoisotopic (exact) mass is 288 g/mol. The molecule has 1 aliphatic carbocycles. The van der Waals surface area contributed by atoms with Gasteiger partial charge in [0.05, 0.1) is 6.04 Å². The fourth-order valence-electron chi connectivity index (χ4n) is 4.16. The largest absolute Gasteiger partial charge is 0.309 e. The first-order valence-corrected chi connectivity index (χ1v) is 8.47. The average Bonchev–Trinajstić information content (AvgIpc) is 2.44. The summed E-state index contributed by atoms with van der Waals surface area (Å²) in [7, 11) is 4.52. The smallest absolute Gasteiger partial charge is 0.0507 e. The number of nitrogens with one attached hydrogen (secondary N) is 1. The van der Waals surface area contributed by atoms with E-state index in [0.717, 1.165) is 12.5 Å². The Hall–Kier alpha value is -0.860. The molecule has 0 aromatic heterocycles. The average molecular weight is 288 g/mol. The van der Waals surface area contributed by atoms with E-state index in [1.54, 1.807) is 0 Å². The summed E-state index contributed by atoms with van der Waals surface area (Å²) in [5.41, 5.74) is 3.04. The van der Waals surface area contributed by atoms with Gasteiger partial charge < -0.3 is 10.2 Å². The van der Waals surface area contributed by atoms with Crippen LogP contribution in [0.2, 0.25) is 0 Å². The van der Waals surface area contributed by atoms with Crippen LogP contribution in [0.4, 0.5) is 0 Å². The maximum absolute atomic E-state index is 3.80. The van der Waals surface area contributed by atoms with Gasteiger partial charge in [-0.05, 0) is 51.9 Å². The number of hydrogen-bond donors (Lipinski definition) is 1. The molecule has 2 nitrogen and oxygen atoms in total. The Balaban J connectivity index is 2.41. The van der Waals surface area contributed by atoms with E-state index in [1.807, 2.05) is 0 Å². The standard InChI is InChI=1S/C19H32N2/c1-6-20-18(17-11-7-9-15(2)13-17)19(21(4)5)12-8-10-16(3)14-19/h7,9,11,13,16,18,20H,6,8,10,12,14H2,1-5H3. The highest BCUT2D eigenvalue weighted by molar-refractivity contribution is 5.28. The number of nitrogens with zero attached hydrogens (tertiary/aromatic N) is 1. The lowest BCUT2D eigenvalue weighted by atomic mass is 9.69.